The van der Waals surface area contributed by atoms with E-state index in [9.17, 15) is 4.79 Å². The smallest absolute Gasteiger partial charge is 0.255 e. The lowest BCUT2D eigenvalue weighted by molar-refractivity contribution is 0.0942. The van der Waals surface area contributed by atoms with Crippen LogP contribution in [-0.4, -0.2) is 33.8 Å². The van der Waals surface area contributed by atoms with Crippen molar-refractivity contribution in [2.75, 3.05) is 27.9 Å². The monoisotopic (exact) mass is 323 g/mol. The van der Waals surface area contributed by atoms with Crippen molar-refractivity contribution in [3.63, 3.8) is 0 Å². The van der Waals surface area contributed by atoms with E-state index in [4.69, 9.17) is 14.2 Å². The van der Waals surface area contributed by atoms with Gasteiger partial charge in [0.15, 0.2) is 11.5 Å². The summed E-state index contributed by atoms with van der Waals surface area (Å²) in [5, 5.41) is 3.01. The molecule has 0 unspecified atom stereocenters. The lowest BCUT2D eigenvalue weighted by Crippen LogP contribution is -2.29. The summed E-state index contributed by atoms with van der Waals surface area (Å²) in [7, 11) is 4.63. The lowest BCUT2D eigenvalue weighted by atomic mass is 9.99. The van der Waals surface area contributed by atoms with Crippen molar-refractivity contribution in [2.24, 2.45) is 5.92 Å². The van der Waals surface area contributed by atoms with Crippen molar-refractivity contribution in [2.45, 2.75) is 39.5 Å². The first-order chi connectivity index (χ1) is 11.1. The van der Waals surface area contributed by atoms with Crippen LogP contribution in [0.15, 0.2) is 12.1 Å². The number of rotatable bonds is 10. The molecule has 1 aromatic rings. The van der Waals surface area contributed by atoms with Gasteiger partial charge in [-0.3, -0.25) is 4.79 Å². The number of hydrogen-bond acceptors (Lipinski definition) is 4. The van der Waals surface area contributed by atoms with E-state index in [0.29, 0.717) is 35.3 Å². The Morgan fingerprint density at radius 2 is 1.65 bits per heavy atom. The van der Waals surface area contributed by atoms with E-state index in [0.717, 1.165) is 12.8 Å². The maximum Gasteiger partial charge on any atom is 0.255 e. The molecule has 0 saturated carbocycles. The molecule has 1 aromatic carbocycles. The zero-order chi connectivity index (χ0) is 17.2. The van der Waals surface area contributed by atoms with Crippen molar-refractivity contribution in [1.29, 1.82) is 0 Å². The number of hydrogen-bond donors (Lipinski definition) is 1. The van der Waals surface area contributed by atoms with E-state index in [1.807, 2.05) is 0 Å². The van der Waals surface area contributed by atoms with Crippen molar-refractivity contribution in [3.8, 4) is 17.2 Å². The number of carbonyl (C=O) groups excluding carboxylic acids is 1. The molecule has 0 heterocycles. The van der Waals surface area contributed by atoms with Gasteiger partial charge in [0.25, 0.3) is 5.91 Å². The highest BCUT2D eigenvalue weighted by molar-refractivity contribution is 5.97. The molecule has 0 fully saturated rings. The van der Waals surface area contributed by atoms with Crippen LogP contribution >= 0.6 is 0 Å². The first-order valence-electron chi connectivity index (χ1n) is 8.19. The number of methoxy groups -OCH3 is 3. The van der Waals surface area contributed by atoms with Crippen LogP contribution in [0.25, 0.3) is 0 Å². The van der Waals surface area contributed by atoms with Gasteiger partial charge in [-0.05, 0) is 12.3 Å². The van der Waals surface area contributed by atoms with E-state index in [1.165, 1.54) is 20.0 Å². The zero-order valence-electron chi connectivity index (χ0n) is 14.9. The summed E-state index contributed by atoms with van der Waals surface area (Å²) in [6.45, 7) is 5.01. The average Bonchev–Trinajstić information content (AvgIpc) is 2.60. The summed E-state index contributed by atoms with van der Waals surface area (Å²) in [5.74, 6) is 1.87. The molecule has 0 radical (unpaired) electrons. The maximum atomic E-state index is 12.5. The van der Waals surface area contributed by atoms with Gasteiger partial charge in [-0.15, -0.1) is 0 Å². The molecule has 0 spiro atoms. The normalized spacial score (nSPS) is 11.7. The molecule has 5 nitrogen and oxygen atoms in total. The molecule has 0 aliphatic rings. The third kappa shape index (κ3) is 5.34. The Morgan fingerprint density at radius 1 is 1.04 bits per heavy atom. The number of nitrogens with one attached hydrogen (secondary N) is 1. The summed E-state index contributed by atoms with van der Waals surface area (Å²) >= 11 is 0. The average molecular weight is 323 g/mol. The van der Waals surface area contributed by atoms with E-state index >= 15 is 0 Å². The maximum absolute atomic E-state index is 12.5. The molecule has 0 aliphatic heterocycles. The molecule has 1 atom stereocenters. The standard InChI is InChI=1S/C18H29NO4/c1-6-8-9-13(7-2)12-19-18(20)14-10-16(22-4)17(23-5)11-15(14)21-3/h10-11,13H,6-9,12H2,1-5H3,(H,19,20)/t13-/m0/s1. The number of ether oxygens (including phenoxy) is 3. The lowest BCUT2D eigenvalue weighted by Gasteiger charge is -2.17. The van der Waals surface area contributed by atoms with Crippen molar-refractivity contribution in [3.05, 3.63) is 17.7 Å². The quantitative estimate of drug-likeness (QED) is 0.714. The van der Waals surface area contributed by atoms with Gasteiger partial charge in [0.2, 0.25) is 0 Å². The number of amides is 1. The third-order valence-electron chi connectivity index (χ3n) is 4.04. The Morgan fingerprint density at radius 3 is 2.17 bits per heavy atom. The second kappa shape index (κ2) is 9.98. The van der Waals surface area contributed by atoms with Crippen LogP contribution in [0, 0.1) is 5.92 Å². The van der Waals surface area contributed by atoms with Crippen LogP contribution in [0.2, 0.25) is 0 Å². The fourth-order valence-corrected chi connectivity index (χ4v) is 2.48. The summed E-state index contributed by atoms with van der Waals surface area (Å²) in [6.07, 6.45) is 4.56. The van der Waals surface area contributed by atoms with Crippen LogP contribution in [-0.2, 0) is 0 Å². The summed E-state index contributed by atoms with van der Waals surface area (Å²) in [5.41, 5.74) is 0.454. The van der Waals surface area contributed by atoms with Gasteiger partial charge in [0, 0.05) is 18.7 Å². The van der Waals surface area contributed by atoms with E-state index in [2.05, 4.69) is 19.2 Å². The highest BCUT2D eigenvalue weighted by atomic mass is 16.5. The largest absolute Gasteiger partial charge is 0.496 e. The molecular formula is C18H29NO4. The Kier molecular flexibility index (Phi) is 8.30. The van der Waals surface area contributed by atoms with Gasteiger partial charge in [0.1, 0.15) is 5.75 Å². The van der Waals surface area contributed by atoms with Gasteiger partial charge >= 0.3 is 0 Å². The summed E-state index contributed by atoms with van der Waals surface area (Å²) in [6, 6.07) is 3.32. The highest BCUT2D eigenvalue weighted by Gasteiger charge is 2.18. The molecule has 130 valence electrons. The first-order valence-corrected chi connectivity index (χ1v) is 8.19. The SMILES string of the molecule is CCCC[C@H](CC)CNC(=O)c1cc(OC)c(OC)cc1OC. The first kappa shape index (κ1) is 19.1. The van der Waals surface area contributed by atoms with Crippen LogP contribution in [0.1, 0.15) is 49.9 Å². The van der Waals surface area contributed by atoms with E-state index < -0.39 is 0 Å². The minimum absolute atomic E-state index is 0.155. The minimum atomic E-state index is -0.155. The Hall–Kier alpha value is -1.91. The van der Waals surface area contributed by atoms with Crippen LogP contribution < -0.4 is 19.5 Å². The van der Waals surface area contributed by atoms with Crippen LogP contribution in [0.3, 0.4) is 0 Å². The fourth-order valence-electron chi connectivity index (χ4n) is 2.48. The predicted molar refractivity (Wildman–Crippen MR) is 91.7 cm³/mol. The van der Waals surface area contributed by atoms with Crippen molar-refractivity contribution in [1.82, 2.24) is 5.32 Å². The second-order valence-electron chi connectivity index (χ2n) is 5.53. The molecule has 23 heavy (non-hydrogen) atoms. The topological polar surface area (TPSA) is 56.8 Å². The molecule has 5 heteroatoms. The molecule has 1 amide bonds. The van der Waals surface area contributed by atoms with Crippen molar-refractivity contribution < 1.29 is 19.0 Å². The fraction of sp³-hybridized carbons (Fsp3) is 0.611. The third-order valence-corrected chi connectivity index (χ3v) is 4.04. The van der Waals surface area contributed by atoms with Gasteiger partial charge in [0.05, 0.1) is 26.9 Å². The predicted octanol–water partition coefficient (Wildman–Crippen LogP) is 3.66. The second-order valence-corrected chi connectivity index (χ2v) is 5.53. The van der Waals surface area contributed by atoms with E-state index in [-0.39, 0.29) is 5.91 Å². The summed E-state index contributed by atoms with van der Waals surface area (Å²) in [4.78, 5) is 12.5. The van der Waals surface area contributed by atoms with Gasteiger partial charge < -0.3 is 19.5 Å². The van der Waals surface area contributed by atoms with Crippen molar-refractivity contribution >= 4 is 5.91 Å². The molecule has 1 rings (SSSR count). The molecule has 0 bridgehead atoms. The molecule has 0 aliphatic carbocycles. The van der Waals surface area contributed by atoms with Gasteiger partial charge in [-0.1, -0.05) is 33.1 Å². The number of benzene rings is 1. The van der Waals surface area contributed by atoms with Gasteiger partial charge in [-0.2, -0.15) is 0 Å². The molecule has 0 aromatic heterocycles. The minimum Gasteiger partial charge on any atom is -0.496 e. The number of unbranched alkanes of at least 4 members (excludes halogenated alkanes) is 1. The molecular weight excluding hydrogens is 294 g/mol. The summed E-state index contributed by atoms with van der Waals surface area (Å²) < 4.78 is 15.8. The van der Waals surface area contributed by atoms with Crippen LogP contribution in [0.4, 0.5) is 0 Å². The Bertz CT molecular complexity index is 502. The van der Waals surface area contributed by atoms with E-state index in [1.54, 1.807) is 26.4 Å². The molecule has 0 saturated heterocycles. The van der Waals surface area contributed by atoms with Crippen LogP contribution in [0.5, 0.6) is 17.2 Å². The highest BCUT2D eigenvalue weighted by Crippen LogP contribution is 2.34. The molecule has 1 N–H and O–H groups in total. The number of carbonyl (C=O) groups is 1. The van der Waals surface area contributed by atoms with Gasteiger partial charge in [-0.25, -0.2) is 0 Å². The Labute approximate surface area is 139 Å². The Balaban J connectivity index is 2.85. The zero-order valence-corrected chi connectivity index (χ0v) is 14.9.